The topological polar surface area (TPSA) is 103 Å². The van der Waals surface area contributed by atoms with Gasteiger partial charge in [0.1, 0.15) is 5.82 Å². The van der Waals surface area contributed by atoms with E-state index in [1.165, 1.54) is 22.3 Å². The summed E-state index contributed by atoms with van der Waals surface area (Å²) in [6, 6.07) is 2.79. The molecule has 1 fully saturated rings. The molecule has 3 amide bonds. The lowest BCUT2D eigenvalue weighted by Crippen LogP contribution is -2.54. The third-order valence-corrected chi connectivity index (χ3v) is 6.18. The molecule has 3 aromatic heterocycles. The first-order chi connectivity index (χ1) is 15.3. The number of rotatable bonds is 6. The number of nitrogens with zero attached hydrogens (tertiary/aromatic N) is 5. The molecule has 1 saturated heterocycles. The maximum absolute atomic E-state index is 13.5. The van der Waals surface area contributed by atoms with Crippen molar-refractivity contribution in [2.75, 3.05) is 39.0 Å². The molecule has 4 heterocycles. The van der Waals surface area contributed by atoms with E-state index in [-0.39, 0.29) is 23.9 Å². The number of thiophene rings is 1. The third kappa shape index (κ3) is 4.62. The molecule has 0 radical (unpaired) electrons. The summed E-state index contributed by atoms with van der Waals surface area (Å²) in [5, 5.41) is 7.86. The molecule has 32 heavy (non-hydrogen) atoms. The van der Waals surface area contributed by atoms with Crippen molar-refractivity contribution in [1.29, 1.82) is 0 Å². The Morgan fingerprint density at radius 2 is 2.09 bits per heavy atom. The van der Waals surface area contributed by atoms with Crippen LogP contribution in [0.1, 0.15) is 29.0 Å². The molecule has 0 unspecified atom stereocenters. The zero-order valence-corrected chi connectivity index (χ0v) is 18.8. The van der Waals surface area contributed by atoms with Crippen LogP contribution in [0.3, 0.4) is 0 Å². The Morgan fingerprint density at radius 1 is 1.31 bits per heavy atom. The van der Waals surface area contributed by atoms with E-state index >= 15 is 0 Å². The molecule has 0 saturated carbocycles. The second-order valence-corrected chi connectivity index (χ2v) is 8.91. The molecule has 0 spiro atoms. The van der Waals surface area contributed by atoms with Gasteiger partial charge in [0.05, 0.1) is 22.5 Å². The number of carbonyl (C=O) groups is 2. The Balaban J connectivity index is 1.46. The molecular weight excluding hydrogens is 433 g/mol. The van der Waals surface area contributed by atoms with Gasteiger partial charge in [-0.05, 0) is 30.0 Å². The SMILES string of the molecule is C[C@H](Nc1nc(C(=O)N2CC(CNC(=O)N(C)C)C2)c2sccc2n1)c1cncc(F)c1. The van der Waals surface area contributed by atoms with Gasteiger partial charge in [-0.2, -0.15) is 0 Å². The number of anilines is 1. The Morgan fingerprint density at radius 3 is 2.81 bits per heavy atom. The van der Waals surface area contributed by atoms with Crippen molar-refractivity contribution in [1.82, 2.24) is 30.1 Å². The van der Waals surface area contributed by atoms with Gasteiger partial charge >= 0.3 is 6.03 Å². The molecule has 1 atom stereocenters. The molecule has 168 valence electrons. The van der Waals surface area contributed by atoms with Gasteiger partial charge in [0.15, 0.2) is 5.69 Å². The van der Waals surface area contributed by atoms with E-state index in [9.17, 15) is 14.0 Å². The van der Waals surface area contributed by atoms with Gasteiger partial charge in [-0.1, -0.05) is 0 Å². The van der Waals surface area contributed by atoms with E-state index in [0.717, 1.165) is 10.9 Å². The Labute approximate surface area is 188 Å². The summed E-state index contributed by atoms with van der Waals surface area (Å²) in [6.07, 6.45) is 2.72. The molecule has 9 nitrogen and oxygen atoms in total. The average Bonchev–Trinajstić information content (AvgIpc) is 3.20. The molecular formula is C21H24FN7O2S. The maximum Gasteiger partial charge on any atom is 0.316 e. The number of urea groups is 1. The minimum atomic E-state index is -0.421. The summed E-state index contributed by atoms with van der Waals surface area (Å²) in [7, 11) is 3.37. The van der Waals surface area contributed by atoms with Gasteiger partial charge in [-0.25, -0.2) is 19.2 Å². The Hall–Kier alpha value is -3.34. The average molecular weight is 458 g/mol. The van der Waals surface area contributed by atoms with Gasteiger partial charge < -0.3 is 20.4 Å². The summed E-state index contributed by atoms with van der Waals surface area (Å²) in [5.74, 6) is -0.0820. The molecule has 0 bridgehead atoms. The fourth-order valence-corrected chi connectivity index (χ4v) is 4.23. The van der Waals surface area contributed by atoms with Gasteiger partial charge in [0, 0.05) is 45.8 Å². The van der Waals surface area contributed by atoms with Crippen LogP contribution in [0.2, 0.25) is 0 Å². The number of amides is 3. The molecule has 4 rings (SSSR count). The van der Waals surface area contributed by atoms with Gasteiger partial charge in [-0.15, -0.1) is 11.3 Å². The van der Waals surface area contributed by atoms with E-state index in [1.54, 1.807) is 25.2 Å². The first-order valence-corrected chi connectivity index (χ1v) is 11.1. The molecule has 1 aliphatic rings. The number of fused-ring (bicyclic) bond motifs is 1. The highest BCUT2D eigenvalue weighted by molar-refractivity contribution is 7.17. The number of carbonyl (C=O) groups excluding carboxylic acids is 2. The quantitative estimate of drug-likeness (QED) is 0.590. The predicted octanol–water partition coefficient (Wildman–Crippen LogP) is 2.74. The van der Waals surface area contributed by atoms with E-state index in [1.807, 2.05) is 18.4 Å². The van der Waals surface area contributed by atoms with Crippen LogP contribution in [0.25, 0.3) is 10.2 Å². The summed E-state index contributed by atoms with van der Waals surface area (Å²) < 4.78 is 14.2. The normalized spacial score (nSPS) is 14.7. The van der Waals surface area contributed by atoms with Crippen LogP contribution in [-0.4, -0.2) is 70.4 Å². The Kier molecular flexibility index (Phi) is 6.17. The number of hydrogen-bond donors (Lipinski definition) is 2. The van der Waals surface area contributed by atoms with Crippen molar-refractivity contribution in [2.24, 2.45) is 5.92 Å². The van der Waals surface area contributed by atoms with E-state index in [0.29, 0.717) is 42.4 Å². The van der Waals surface area contributed by atoms with Crippen LogP contribution in [0, 0.1) is 11.7 Å². The zero-order chi connectivity index (χ0) is 22.8. The number of hydrogen-bond acceptors (Lipinski definition) is 7. The van der Waals surface area contributed by atoms with Crippen molar-refractivity contribution < 1.29 is 14.0 Å². The van der Waals surface area contributed by atoms with Crippen molar-refractivity contribution in [2.45, 2.75) is 13.0 Å². The second-order valence-electron chi connectivity index (χ2n) is 7.99. The highest BCUT2D eigenvalue weighted by Crippen LogP contribution is 2.28. The van der Waals surface area contributed by atoms with E-state index in [2.05, 4.69) is 25.6 Å². The van der Waals surface area contributed by atoms with Gasteiger partial charge in [0.25, 0.3) is 5.91 Å². The van der Waals surface area contributed by atoms with Crippen LogP contribution in [0.5, 0.6) is 0 Å². The second kappa shape index (κ2) is 9.03. The fourth-order valence-electron chi connectivity index (χ4n) is 3.42. The monoisotopic (exact) mass is 457 g/mol. The van der Waals surface area contributed by atoms with Crippen LogP contribution < -0.4 is 10.6 Å². The number of pyridine rings is 1. The van der Waals surface area contributed by atoms with Crippen molar-refractivity contribution in [3.8, 4) is 0 Å². The summed E-state index contributed by atoms with van der Waals surface area (Å²) in [4.78, 5) is 40.9. The Bertz CT molecular complexity index is 1150. The predicted molar refractivity (Wildman–Crippen MR) is 120 cm³/mol. The number of halogens is 1. The van der Waals surface area contributed by atoms with E-state index in [4.69, 9.17) is 0 Å². The van der Waals surface area contributed by atoms with Crippen molar-refractivity contribution in [3.05, 3.63) is 47.0 Å². The van der Waals surface area contributed by atoms with Crippen LogP contribution in [-0.2, 0) is 0 Å². The largest absolute Gasteiger partial charge is 0.348 e. The van der Waals surface area contributed by atoms with Crippen LogP contribution >= 0.6 is 11.3 Å². The van der Waals surface area contributed by atoms with Crippen LogP contribution in [0.4, 0.5) is 15.1 Å². The molecule has 1 aliphatic heterocycles. The van der Waals surface area contributed by atoms with Gasteiger partial charge in [-0.3, -0.25) is 9.78 Å². The lowest BCUT2D eigenvalue weighted by Gasteiger charge is -2.39. The first-order valence-electron chi connectivity index (χ1n) is 10.2. The number of likely N-dealkylation sites (tertiary alicyclic amines) is 1. The highest BCUT2D eigenvalue weighted by atomic mass is 32.1. The number of nitrogens with one attached hydrogen (secondary N) is 2. The summed E-state index contributed by atoms with van der Waals surface area (Å²) >= 11 is 1.42. The molecule has 0 aliphatic carbocycles. The lowest BCUT2D eigenvalue weighted by atomic mass is 9.99. The van der Waals surface area contributed by atoms with Crippen molar-refractivity contribution in [3.63, 3.8) is 0 Å². The molecule has 0 aromatic carbocycles. The minimum Gasteiger partial charge on any atom is -0.348 e. The fraction of sp³-hybridized carbons (Fsp3) is 0.381. The van der Waals surface area contributed by atoms with Crippen molar-refractivity contribution >= 4 is 39.4 Å². The van der Waals surface area contributed by atoms with Crippen LogP contribution in [0.15, 0.2) is 29.9 Å². The third-order valence-electron chi connectivity index (χ3n) is 5.27. The summed E-state index contributed by atoms with van der Waals surface area (Å²) in [6.45, 7) is 3.47. The first kappa shape index (κ1) is 21.9. The zero-order valence-electron chi connectivity index (χ0n) is 18.0. The number of aromatic nitrogens is 3. The summed E-state index contributed by atoms with van der Waals surface area (Å²) in [5.41, 5.74) is 1.67. The molecule has 11 heteroatoms. The maximum atomic E-state index is 13.5. The molecule has 3 aromatic rings. The lowest BCUT2D eigenvalue weighted by molar-refractivity contribution is 0.0500. The van der Waals surface area contributed by atoms with Gasteiger partial charge in [0.2, 0.25) is 5.95 Å². The molecule has 2 N–H and O–H groups in total. The minimum absolute atomic E-state index is 0.149. The van der Waals surface area contributed by atoms with E-state index < -0.39 is 5.82 Å². The smallest absolute Gasteiger partial charge is 0.316 e. The highest BCUT2D eigenvalue weighted by Gasteiger charge is 2.33. The standard InChI is InChI=1S/C21H24FN7O2S/c1-12(14-6-15(22)9-23-8-14)25-20-26-16-4-5-32-18(16)17(27-20)19(30)29-10-13(11-29)7-24-21(31)28(2)3/h4-6,8-9,12-13H,7,10-11H2,1-3H3,(H,24,31)(H,25,26,27)/t12-/m0/s1.